The van der Waals surface area contributed by atoms with Gasteiger partial charge in [0, 0.05) is 12.7 Å². The predicted molar refractivity (Wildman–Crippen MR) is 76.5 cm³/mol. The molecule has 0 aliphatic heterocycles. The summed E-state index contributed by atoms with van der Waals surface area (Å²) in [4.78, 5) is 0. The molecule has 0 saturated heterocycles. The molecule has 0 amide bonds. The van der Waals surface area contributed by atoms with Gasteiger partial charge in [0.15, 0.2) is 0 Å². The van der Waals surface area contributed by atoms with Crippen molar-refractivity contribution in [2.45, 2.75) is 43.5 Å². The highest BCUT2D eigenvalue weighted by Gasteiger charge is 2.25. The van der Waals surface area contributed by atoms with Crippen LogP contribution in [0.5, 0.6) is 0 Å². The minimum absolute atomic E-state index is 0.0299. The van der Waals surface area contributed by atoms with Gasteiger partial charge < -0.3 is 8.97 Å². The third kappa shape index (κ3) is 5.38. The summed E-state index contributed by atoms with van der Waals surface area (Å²) in [5, 5.41) is -0.0299. The Morgan fingerprint density at radius 3 is 2.53 bits per heavy atom. The van der Waals surface area contributed by atoms with Crippen LogP contribution in [0.15, 0.2) is 26.0 Å². The van der Waals surface area contributed by atoms with E-state index in [1.807, 2.05) is 20.8 Å². The normalized spacial score (nSPS) is 15.0. The van der Waals surface area contributed by atoms with Crippen LogP contribution in [0.3, 0.4) is 0 Å². The van der Waals surface area contributed by atoms with E-state index in [9.17, 15) is 13.0 Å². The molecule has 0 bridgehead atoms. The average molecular weight is 305 g/mol. The van der Waals surface area contributed by atoms with Gasteiger partial charge in [0.2, 0.25) is 14.9 Å². The number of hydrogen-bond acceptors (Lipinski definition) is 5. The highest BCUT2D eigenvalue weighted by Crippen LogP contribution is 2.17. The van der Waals surface area contributed by atoms with Gasteiger partial charge in [-0.1, -0.05) is 4.40 Å². The molecule has 0 radical (unpaired) electrons. The number of sulfone groups is 1. The van der Waals surface area contributed by atoms with Crippen LogP contribution in [0.2, 0.25) is 0 Å². The fraction of sp³-hybridized carbons (Fsp3) is 0.583. The second kappa shape index (κ2) is 6.11. The Kier molecular flexibility index (Phi) is 5.23. The molecule has 1 atom stereocenters. The number of aryl methyl sites for hydroxylation is 1. The second-order valence-electron chi connectivity index (χ2n) is 5.18. The molecule has 0 spiro atoms. The topological polar surface area (TPSA) is 82.7 Å². The number of nitrogens with zero attached hydrogens (tertiary/aromatic N) is 1. The van der Waals surface area contributed by atoms with Crippen LogP contribution in [-0.2, 0) is 27.6 Å². The van der Waals surface area contributed by atoms with Crippen LogP contribution >= 0.6 is 0 Å². The summed E-state index contributed by atoms with van der Waals surface area (Å²) in [6.07, 6.45) is 3.77. The zero-order valence-electron chi connectivity index (χ0n) is 11.5. The van der Waals surface area contributed by atoms with Gasteiger partial charge in [0.25, 0.3) is 0 Å². The van der Waals surface area contributed by atoms with E-state index in [0.29, 0.717) is 18.6 Å². The van der Waals surface area contributed by atoms with Gasteiger partial charge in [-0.15, -0.1) is 0 Å². The number of hydrogen-bond donors (Lipinski definition) is 0. The molecule has 5 nitrogen and oxygen atoms in total. The largest absolute Gasteiger partial charge is 0.591 e. The highest BCUT2D eigenvalue weighted by atomic mass is 32.2. The lowest BCUT2D eigenvalue weighted by atomic mass is 10.3. The van der Waals surface area contributed by atoms with Crippen molar-refractivity contribution < 1.29 is 17.4 Å². The lowest BCUT2D eigenvalue weighted by molar-refractivity contribution is 0.417. The van der Waals surface area contributed by atoms with E-state index in [4.69, 9.17) is 4.42 Å². The highest BCUT2D eigenvalue weighted by molar-refractivity contribution is 7.91. The summed E-state index contributed by atoms with van der Waals surface area (Å²) < 4.78 is 42.8. The molecule has 0 saturated carbocycles. The summed E-state index contributed by atoms with van der Waals surface area (Å²) >= 11 is -1.26. The van der Waals surface area contributed by atoms with Crippen molar-refractivity contribution in [2.75, 3.05) is 6.26 Å². The maximum absolute atomic E-state index is 11.6. The summed E-state index contributed by atoms with van der Waals surface area (Å²) in [5.41, 5.74) is 0. The molecule has 1 heterocycles. The first-order valence-electron chi connectivity index (χ1n) is 5.84. The van der Waals surface area contributed by atoms with E-state index in [-0.39, 0.29) is 9.84 Å². The zero-order valence-corrected chi connectivity index (χ0v) is 13.2. The maximum Gasteiger partial charge on any atom is 0.217 e. The standard InChI is InChI=1S/C12H19NO4S2/c1-12(2,3)18(14)13-9-5-6-10-7-8-11(17-10)19(4,15)16/h7-9H,5-6H2,1-4H3/t18-/m1/s1. The van der Waals surface area contributed by atoms with Crippen molar-refractivity contribution in [3.63, 3.8) is 0 Å². The second-order valence-corrected chi connectivity index (χ2v) is 9.06. The SMILES string of the molecule is CC(C)(C)[S@@+]([O-])N=CCCc1ccc(S(C)(=O)=O)o1. The predicted octanol–water partition coefficient (Wildman–Crippen LogP) is 2.15. The third-order valence-corrected chi connectivity index (χ3v) is 4.56. The van der Waals surface area contributed by atoms with Crippen molar-refractivity contribution in [2.24, 2.45) is 4.40 Å². The molecule has 0 aromatic carbocycles. The van der Waals surface area contributed by atoms with Crippen LogP contribution in [0.25, 0.3) is 0 Å². The van der Waals surface area contributed by atoms with Crippen LogP contribution in [0, 0.1) is 0 Å². The third-order valence-electron chi connectivity index (χ3n) is 2.22. The molecular formula is C12H19NO4S2. The van der Waals surface area contributed by atoms with Gasteiger partial charge in [0.1, 0.15) is 21.9 Å². The molecule has 0 aliphatic rings. The minimum Gasteiger partial charge on any atom is -0.591 e. The summed E-state index contributed by atoms with van der Waals surface area (Å²) in [6, 6.07) is 3.07. The minimum atomic E-state index is -3.29. The van der Waals surface area contributed by atoms with Crippen molar-refractivity contribution in [3.8, 4) is 0 Å². The molecule has 1 rings (SSSR count). The first-order valence-corrected chi connectivity index (χ1v) is 8.84. The van der Waals surface area contributed by atoms with E-state index in [1.165, 1.54) is 6.07 Å². The van der Waals surface area contributed by atoms with Crippen LogP contribution in [0.1, 0.15) is 33.0 Å². The number of furan rings is 1. The molecule has 1 aromatic heterocycles. The smallest absolute Gasteiger partial charge is 0.217 e. The Morgan fingerprint density at radius 2 is 2.05 bits per heavy atom. The first kappa shape index (κ1) is 16.3. The van der Waals surface area contributed by atoms with Crippen LogP contribution < -0.4 is 0 Å². The van der Waals surface area contributed by atoms with Crippen molar-refractivity contribution in [1.29, 1.82) is 0 Å². The molecule has 7 heteroatoms. The molecule has 0 N–H and O–H groups in total. The monoisotopic (exact) mass is 305 g/mol. The summed E-state index contributed by atoms with van der Waals surface area (Å²) in [5.74, 6) is 0.577. The van der Waals surface area contributed by atoms with Crippen molar-refractivity contribution in [1.82, 2.24) is 0 Å². The van der Waals surface area contributed by atoms with E-state index >= 15 is 0 Å². The Balaban J connectivity index is 2.51. The molecule has 0 aliphatic carbocycles. The van der Waals surface area contributed by atoms with E-state index in [2.05, 4.69) is 4.40 Å². The fourth-order valence-electron chi connectivity index (χ4n) is 1.18. The zero-order chi connectivity index (χ0) is 14.7. The van der Waals surface area contributed by atoms with E-state index in [1.54, 1.807) is 12.3 Å². The first-order chi connectivity index (χ1) is 8.60. The molecule has 1 aromatic rings. The van der Waals surface area contributed by atoms with E-state index < -0.39 is 21.2 Å². The molecule has 0 unspecified atom stereocenters. The van der Waals surface area contributed by atoms with E-state index in [0.717, 1.165) is 6.26 Å². The fourth-order valence-corrected chi connectivity index (χ4v) is 2.31. The Morgan fingerprint density at radius 1 is 1.42 bits per heavy atom. The van der Waals surface area contributed by atoms with Gasteiger partial charge in [-0.2, -0.15) is 0 Å². The van der Waals surface area contributed by atoms with Crippen LogP contribution in [0.4, 0.5) is 0 Å². The summed E-state index contributed by atoms with van der Waals surface area (Å²) in [6.45, 7) is 5.56. The van der Waals surface area contributed by atoms with Crippen molar-refractivity contribution >= 4 is 27.4 Å². The summed E-state index contributed by atoms with van der Waals surface area (Å²) in [7, 11) is -3.29. The molecular weight excluding hydrogens is 286 g/mol. The van der Waals surface area contributed by atoms with Gasteiger partial charge in [-0.25, -0.2) is 8.42 Å². The van der Waals surface area contributed by atoms with Crippen LogP contribution in [-0.4, -0.2) is 30.2 Å². The lowest BCUT2D eigenvalue weighted by Gasteiger charge is -2.17. The Labute approximate surface area is 117 Å². The lowest BCUT2D eigenvalue weighted by Crippen LogP contribution is -2.25. The maximum atomic E-state index is 11.6. The van der Waals surface area contributed by atoms with Crippen molar-refractivity contribution in [3.05, 3.63) is 17.9 Å². The van der Waals surface area contributed by atoms with Gasteiger partial charge >= 0.3 is 0 Å². The van der Waals surface area contributed by atoms with Gasteiger partial charge in [-0.05, 0) is 39.3 Å². The molecule has 108 valence electrons. The Hall–Kier alpha value is -0.790. The number of rotatable bonds is 5. The van der Waals surface area contributed by atoms with Gasteiger partial charge in [-0.3, -0.25) is 0 Å². The Bertz CT molecular complexity index is 540. The molecule has 0 fully saturated rings. The average Bonchev–Trinajstić information content (AvgIpc) is 2.70. The quantitative estimate of drug-likeness (QED) is 0.616. The molecule has 19 heavy (non-hydrogen) atoms. The van der Waals surface area contributed by atoms with Gasteiger partial charge in [0.05, 0.1) is 6.21 Å².